The fourth-order valence-electron chi connectivity index (χ4n) is 3.53. The third-order valence-electron chi connectivity index (χ3n) is 4.68. The Balaban J connectivity index is 1.70. The molecule has 1 amide bonds. The fraction of sp³-hybridized carbons (Fsp3) is 0.588. The van der Waals surface area contributed by atoms with Crippen molar-refractivity contribution in [2.75, 3.05) is 18.0 Å². The van der Waals surface area contributed by atoms with Crippen LogP contribution in [0.5, 0.6) is 0 Å². The number of fused-ring (bicyclic) bond motifs is 1. The van der Waals surface area contributed by atoms with Crippen molar-refractivity contribution in [2.24, 2.45) is 0 Å². The highest BCUT2D eigenvalue weighted by Crippen LogP contribution is 2.40. The van der Waals surface area contributed by atoms with Gasteiger partial charge in [0.15, 0.2) is 0 Å². The van der Waals surface area contributed by atoms with E-state index in [1.807, 2.05) is 11.0 Å². The van der Waals surface area contributed by atoms with Crippen LogP contribution >= 0.6 is 0 Å². The highest BCUT2D eigenvalue weighted by atomic mass is 16.2. The Morgan fingerprint density at radius 3 is 2.75 bits per heavy atom. The summed E-state index contributed by atoms with van der Waals surface area (Å²) in [5.41, 5.74) is 2.43. The zero-order chi connectivity index (χ0) is 14.2. The normalized spacial score (nSPS) is 21.2. The lowest BCUT2D eigenvalue weighted by Crippen LogP contribution is -2.42. The van der Waals surface area contributed by atoms with E-state index in [1.165, 1.54) is 31.2 Å². The van der Waals surface area contributed by atoms with Crippen molar-refractivity contribution in [3.63, 3.8) is 0 Å². The Morgan fingerprint density at radius 1 is 1.30 bits per heavy atom. The lowest BCUT2D eigenvalue weighted by molar-refractivity contribution is -0.117. The molecule has 108 valence electrons. The standard InChI is InChI=1S/C17H24N2O/c1-17(2)12-19(15-10-6-5-9-14(15)17)16(20)11-18-13-7-3-4-8-13/h5-6,9-10,13,18H,3-4,7-8,11-12H2,1-2H3. The van der Waals surface area contributed by atoms with Gasteiger partial charge in [0.05, 0.1) is 6.54 Å². The molecule has 1 fully saturated rings. The maximum Gasteiger partial charge on any atom is 0.240 e. The molecule has 1 N–H and O–H groups in total. The predicted octanol–water partition coefficient (Wildman–Crippen LogP) is 2.84. The second-order valence-corrected chi connectivity index (χ2v) is 6.74. The van der Waals surface area contributed by atoms with E-state index in [1.54, 1.807) is 0 Å². The van der Waals surface area contributed by atoms with Crippen molar-refractivity contribution in [2.45, 2.75) is 51.0 Å². The van der Waals surface area contributed by atoms with Gasteiger partial charge in [-0.25, -0.2) is 0 Å². The largest absolute Gasteiger partial charge is 0.310 e. The van der Waals surface area contributed by atoms with Crippen molar-refractivity contribution < 1.29 is 4.79 Å². The third-order valence-corrected chi connectivity index (χ3v) is 4.68. The lowest BCUT2D eigenvalue weighted by atomic mass is 9.87. The minimum absolute atomic E-state index is 0.0552. The predicted molar refractivity (Wildman–Crippen MR) is 82.1 cm³/mol. The molecule has 0 aromatic heterocycles. The van der Waals surface area contributed by atoms with Crippen LogP contribution in [-0.2, 0) is 10.2 Å². The minimum atomic E-state index is 0.0552. The molecule has 1 aliphatic carbocycles. The number of amides is 1. The molecule has 1 heterocycles. The monoisotopic (exact) mass is 272 g/mol. The molecular formula is C17H24N2O. The van der Waals surface area contributed by atoms with Crippen molar-refractivity contribution in [1.82, 2.24) is 5.32 Å². The quantitative estimate of drug-likeness (QED) is 0.917. The van der Waals surface area contributed by atoms with E-state index >= 15 is 0 Å². The maximum absolute atomic E-state index is 12.5. The van der Waals surface area contributed by atoms with E-state index in [4.69, 9.17) is 0 Å². The van der Waals surface area contributed by atoms with Gasteiger partial charge in [-0.1, -0.05) is 44.9 Å². The van der Waals surface area contributed by atoms with Crippen molar-refractivity contribution in [1.29, 1.82) is 0 Å². The Kier molecular flexibility index (Phi) is 3.55. The topological polar surface area (TPSA) is 32.3 Å². The summed E-state index contributed by atoms with van der Waals surface area (Å²) in [5, 5.41) is 3.43. The molecule has 1 aliphatic heterocycles. The first-order valence-corrected chi connectivity index (χ1v) is 7.71. The molecule has 1 aromatic carbocycles. The summed E-state index contributed by atoms with van der Waals surface area (Å²) in [4.78, 5) is 14.5. The number of nitrogens with one attached hydrogen (secondary N) is 1. The Hall–Kier alpha value is -1.35. The van der Waals surface area contributed by atoms with Crippen molar-refractivity contribution in [3.05, 3.63) is 29.8 Å². The minimum Gasteiger partial charge on any atom is -0.310 e. The number of benzene rings is 1. The molecule has 3 heteroatoms. The Bertz CT molecular complexity index is 503. The number of carbonyl (C=O) groups is 1. The van der Waals surface area contributed by atoms with Crippen LogP contribution in [-0.4, -0.2) is 25.0 Å². The number of carbonyl (C=O) groups excluding carboxylic acids is 1. The third kappa shape index (κ3) is 2.47. The van der Waals surface area contributed by atoms with E-state index in [0.29, 0.717) is 12.6 Å². The molecule has 0 radical (unpaired) electrons. The summed E-state index contributed by atoms with van der Waals surface area (Å²) in [7, 11) is 0. The molecule has 0 saturated heterocycles. The summed E-state index contributed by atoms with van der Waals surface area (Å²) in [6.45, 7) is 5.68. The van der Waals surface area contributed by atoms with Crippen LogP contribution in [0.3, 0.4) is 0 Å². The van der Waals surface area contributed by atoms with Crippen LogP contribution in [0.4, 0.5) is 5.69 Å². The first-order valence-electron chi connectivity index (χ1n) is 7.71. The van der Waals surface area contributed by atoms with E-state index in [-0.39, 0.29) is 11.3 Å². The molecule has 0 spiro atoms. The Morgan fingerprint density at radius 2 is 2.00 bits per heavy atom. The molecule has 0 atom stereocenters. The molecule has 3 nitrogen and oxygen atoms in total. The number of para-hydroxylation sites is 1. The number of nitrogens with zero attached hydrogens (tertiary/aromatic N) is 1. The van der Waals surface area contributed by atoms with Crippen LogP contribution in [0.1, 0.15) is 45.1 Å². The first kappa shape index (κ1) is 13.6. The zero-order valence-electron chi connectivity index (χ0n) is 12.5. The SMILES string of the molecule is CC1(C)CN(C(=O)CNC2CCCC2)c2ccccc21. The van der Waals surface area contributed by atoms with Gasteiger partial charge in [0, 0.05) is 23.7 Å². The lowest BCUT2D eigenvalue weighted by Gasteiger charge is -2.22. The molecule has 20 heavy (non-hydrogen) atoms. The van der Waals surface area contributed by atoms with Gasteiger partial charge in [-0.15, -0.1) is 0 Å². The average Bonchev–Trinajstić information content (AvgIpc) is 3.03. The van der Waals surface area contributed by atoms with Crippen LogP contribution < -0.4 is 10.2 Å². The van der Waals surface area contributed by atoms with Crippen LogP contribution in [0.2, 0.25) is 0 Å². The second kappa shape index (κ2) is 5.21. The van der Waals surface area contributed by atoms with Crippen molar-refractivity contribution >= 4 is 11.6 Å². The van der Waals surface area contributed by atoms with Gasteiger partial charge in [-0.05, 0) is 24.5 Å². The smallest absolute Gasteiger partial charge is 0.240 e. The molecule has 1 saturated carbocycles. The number of rotatable bonds is 3. The van der Waals surface area contributed by atoms with Gasteiger partial charge in [-0.3, -0.25) is 4.79 Å². The number of hydrogen-bond donors (Lipinski definition) is 1. The van der Waals surface area contributed by atoms with Crippen molar-refractivity contribution in [3.8, 4) is 0 Å². The van der Waals surface area contributed by atoms with Gasteiger partial charge in [0.2, 0.25) is 5.91 Å². The van der Waals surface area contributed by atoms with E-state index in [2.05, 4.69) is 37.4 Å². The summed E-state index contributed by atoms with van der Waals surface area (Å²) >= 11 is 0. The van der Waals surface area contributed by atoms with E-state index in [0.717, 1.165) is 12.2 Å². The van der Waals surface area contributed by atoms with E-state index < -0.39 is 0 Å². The molecule has 2 aliphatic rings. The zero-order valence-corrected chi connectivity index (χ0v) is 12.5. The fourth-order valence-corrected chi connectivity index (χ4v) is 3.53. The van der Waals surface area contributed by atoms with Gasteiger partial charge in [-0.2, -0.15) is 0 Å². The Labute approximate surface area is 121 Å². The van der Waals surface area contributed by atoms with Crippen LogP contribution in [0.15, 0.2) is 24.3 Å². The van der Waals surface area contributed by atoms with Crippen LogP contribution in [0.25, 0.3) is 0 Å². The summed E-state index contributed by atoms with van der Waals surface area (Å²) in [5.74, 6) is 0.204. The summed E-state index contributed by atoms with van der Waals surface area (Å²) in [6.07, 6.45) is 5.03. The van der Waals surface area contributed by atoms with Gasteiger partial charge < -0.3 is 10.2 Å². The molecule has 0 unspecified atom stereocenters. The highest BCUT2D eigenvalue weighted by Gasteiger charge is 2.37. The molecule has 3 rings (SSSR count). The highest BCUT2D eigenvalue weighted by molar-refractivity contribution is 5.97. The number of hydrogen-bond acceptors (Lipinski definition) is 2. The van der Waals surface area contributed by atoms with Gasteiger partial charge in [0.25, 0.3) is 0 Å². The van der Waals surface area contributed by atoms with Gasteiger partial charge >= 0.3 is 0 Å². The summed E-state index contributed by atoms with van der Waals surface area (Å²) < 4.78 is 0. The molecule has 1 aromatic rings. The number of anilines is 1. The second-order valence-electron chi connectivity index (χ2n) is 6.74. The molecule has 0 bridgehead atoms. The maximum atomic E-state index is 12.5. The van der Waals surface area contributed by atoms with Crippen LogP contribution in [0, 0.1) is 0 Å². The first-order chi connectivity index (χ1) is 9.58. The molecular weight excluding hydrogens is 248 g/mol. The van der Waals surface area contributed by atoms with Gasteiger partial charge in [0.1, 0.15) is 0 Å². The average molecular weight is 272 g/mol. The summed E-state index contributed by atoms with van der Waals surface area (Å²) in [6, 6.07) is 8.84. The van der Waals surface area contributed by atoms with E-state index in [9.17, 15) is 4.79 Å².